The van der Waals surface area contributed by atoms with Crippen LogP contribution in [0.25, 0.3) is 0 Å². The Morgan fingerprint density at radius 3 is 2.65 bits per heavy atom. The van der Waals surface area contributed by atoms with Crippen molar-refractivity contribution < 1.29 is 14.3 Å². The summed E-state index contributed by atoms with van der Waals surface area (Å²) in [6.07, 6.45) is 10.6. The molecule has 0 radical (unpaired) electrons. The summed E-state index contributed by atoms with van der Waals surface area (Å²) in [5.74, 6) is 1.03. The lowest BCUT2D eigenvalue weighted by Gasteiger charge is -2.42. The van der Waals surface area contributed by atoms with E-state index in [0.717, 1.165) is 50.6 Å². The van der Waals surface area contributed by atoms with E-state index in [9.17, 15) is 9.59 Å². The van der Waals surface area contributed by atoms with Gasteiger partial charge in [0, 0.05) is 24.8 Å². The number of carbonyl (C=O) groups excluding carboxylic acids is 2. The van der Waals surface area contributed by atoms with Crippen LogP contribution in [0.1, 0.15) is 77.2 Å². The number of ether oxygens (including phenoxy) is 1. The zero-order valence-corrected chi connectivity index (χ0v) is 21.1. The molecule has 0 saturated heterocycles. The number of carbonyl (C=O) groups is 2. The second kappa shape index (κ2) is 13.0. The standard InChI is InChI=1S/C26H43N5O3/c1-4-5-15-34-25(33)31-23(21-9-7-19(2)8-10-21)24(32)30-22-16-20(11-14-29-22)17-28-18-26(27-3)12-6-13-26/h11,14,16,19,21,23,27-28H,4-10,12-13,15,17-18H2,1-3H3,(H,31,33)(H,29,30,32)/t19?,21?,23-/m0/s1. The highest BCUT2D eigenvalue weighted by atomic mass is 16.5. The first kappa shape index (κ1) is 26.4. The fourth-order valence-corrected chi connectivity index (χ4v) is 4.92. The van der Waals surface area contributed by atoms with Gasteiger partial charge in [0.15, 0.2) is 0 Å². The van der Waals surface area contributed by atoms with Crippen LogP contribution < -0.4 is 21.3 Å². The summed E-state index contributed by atoms with van der Waals surface area (Å²) in [7, 11) is 2.03. The van der Waals surface area contributed by atoms with Crippen molar-refractivity contribution in [2.75, 3.05) is 25.5 Å². The lowest BCUT2D eigenvalue weighted by molar-refractivity contribution is -0.119. The van der Waals surface area contributed by atoms with Gasteiger partial charge in [0.2, 0.25) is 5.91 Å². The summed E-state index contributed by atoms with van der Waals surface area (Å²) in [6, 6.07) is 3.23. The van der Waals surface area contributed by atoms with Crippen molar-refractivity contribution in [3.05, 3.63) is 23.9 Å². The number of pyridine rings is 1. The van der Waals surface area contributed by atoms with Crippen molar-refractivity contribution in [3.8, 4) is 0 Å². The number of hydrogen-bond acceptors (Lipinski definition) is 6. The summed E-state index contributed by atoms with van der Waals surface area (Å²) < 4.78 is 5.28. The van der Waals surface area contributed by atoms with Gasteiger partial charge in [-0.15, -0.1) is 0 Å². The molecule has 190 valence electrons. The molecule has 1 aromatic heterocycles. The molecule has 2 amide bonds. The Morgan fingerprint density at radius 1 is 1.24 bits per heavy atom. The number of likely N-dealkylation sites (N-methyl/N-ethyl adjacent to an activating group) is 1. The molecule has 1 atom stereocenters. The lowest BCUT2D eigenvalue weighted by Crippen LogP contribution is -2.55. The van der Waals surface area contributed by atoms with E-state index in [2.05, 4.69) is 33.2 Å². The van der Waals surface area contributed by atoms with Crippen LogP contribution in [0.15, 0.2) is 18.3 Å². The third kappa shape index (κ3) is 7.67. The van der Waals surface area contributed by atoms with Crippen molar-refractivity contribution in [2.24, 2.45) is 11.8 Å². The van der Waals surface area contributed by atoms with Crippen LogP contribution in [-0.2, 0) is 16.1 Å². The molecule has 8 nitrogen and oxygen atoms in total. The predicted molar refractivity (Wildman–Crippen MR) is 135 cm³/mol. The van der Waals surface area contributed by atoms with E-state index in [-0.39, 0.29) is 17.4 Å². The molecule has 3 rings (SSSR count). The first-order valence-electron chi connectivity index (χ1n) is 13.0. The molecule has 4 N–H and O–H groups in total. The highest BCUT2D eigenvalue weighted by Gasteiger charge is 2.35. The number of aromatic nitrogens is 1. The van der Waals surface area contributed by atoms with Gasteiger partial charge < -0.3 is 26.0 Å². The van der Waals surface area contributed by atoms with E-state index in [1.807, 2.05) is 26.1 Å². The van der Waals surface area contributed by atoms with Crippen LogP contribution in [0.3, 0.4) is 0 Å². The molecule has 0 bridgehead atoms. The van der Waals surface area contributed by atoms with Gasteiger partial charge in [0.25, 0.3) is 0 Å². The number of amides is 2. The minimum absolute atomic E-state index is 0.0972. The first-order valence-corrected chi connectivity index (χ1v) is 13.0. The maximum absolute atomic E-state index is 13.3. The maximum atomic E-state index is 13.3. The SMILES string of the molecule is CCCCOC(=O)N[C@H](C(=O)Nc1cc(CNCC2(NC)CCC2)ccn1)C1CCC(C)CC1. The van der Waals surface area contributed by atoms with Gasteiger partial charge >= 0.3 is 6.09 Å². The van der Waals surface area contributed by atoms with Crippen molar-refractivity contribution in [1.29, 1.82) is 0 Å². The summed E-state index contributed by atoms with van der Waals surface area (Å²) in [5.41, 5.74) is 1.28. The Labute approximate surface area is 204 Å². The molecule has 0 aromatic carbocycles. The van der Waals surface area contributed by atoms with E-state index in [1.54, 1.807) is 6.20 Å². The predicted octanol–water partition coefficient (Wildman–Crippen LogP) is 3.97. The summed E-state index contributed by atoms with van der Waals surface area (Å²) >= 11 is 0. The zero-order chi connectivity index (χ0) is 24.4. The number of anilines is 1. The van der Waals surface area contributed by atoms with E-state index in [1.165, 1.54) is 19.3 Å². The van der Waals surface area contributed by atoms with Crippen LogP contribution in [0.4, 0.5) is 10.6 Å². The van der Waals surface area contributed by atoms with Gasteiger partial charge in [-0.3, -0.25) is 4.79 Å². The monoisotopic (exact) mass is 473 g/mol. The molecule has 34 heavy (non-hydrogen) atoms. The zero-order valence-electron chi connectivity index (χ0n) is 21.1. The highest BCUT2D eigenvalue weighted by Crippen LogP contribution is 2.31. The molecular formula is C26H43N5O3. The number of rotatable bonds is 12. The molecule has 2 fully saturated rings. The number of alkyl carbamates (subject to hydrolysis) is 1. The molecule has 2 saturated carbocycles. The van der Waals surface area contributed by atoms with Gasteiger partial charge in [-0.2, -0.15) is 0 Å². The summed E-state index contributed by atoms with van der Waals surface area (Å²) in [6.45, 7) is 6.28. The van der Waals surface area contributed by atoms with E-state index in [0.29, 0.717) is 24.9 Å². The fourth-order valence-electron chi connectivity index (χ4n) is 4.92. The van der Waals surface area contributed by atoms with Crippen LogP contribution >= 0.6 is 0 Å². The van der Waals surface area contributed by atoms with E-state index >= 15 is 0 Å². The van der Waals surface area contributed by atoms with Gasteiger partial charge in [-0.25, -0.2) is 9.78 Å². The Kier molecular flexibility index (Phi) is 10.1. The normalized spacial score (nSPS) is 22.3. The highest BCUT2D eigenvalue weighted by molar-refractivity contribution is 5.96. The van der Waals surface area contributed by atoms with E-state index in [4.69, 9.17) is 4.74 Å². The van der Waals surface area contributed by atoms with Gasteiger partial charge in [0.1, 0.15) is 11.9 Å². The Hall–Kier alpha value is -2.19. The molecule has 2 aliphatic rings. The molecule has 2 aliphatic carbocycles. The van der Waals surface area contributed by atoms with Crippen LogP contribution in [-0.4, -0.2) is 48.8 Å². The molecule has 8 heteroatoms. The quantitative estimate of drug-likeness (QED) is 0.343. The molecule has 0 spiro atoms. The molecule has 0 aliphatic heterocycles. The smallest absolute Gasteiger partial charge is 0.407 e. The molecule has 1 aromatic rings. The van der Waals surface area contributed by atoms with Crippen LogP contribution in [0, 0.1) is 11.8 Å². The molecular weight excluding hydrogens is 430 g/mol. The van der Waals surface area contributed by atoms with Crippen LogP contribution in [0.2, 0.25) is 0 Å². The topological polar surface area (TPSA) is 104 Å². The first-order chi connectivity index (χ1) is 16.4. The third-order valence-corrected chi connectivity index (χ3v) is 7.53. The fraction of sp³-hybridized carbons (Fsp3) is 0.731. The largest absolute Gasteiger partial charge is 0.450 e. The van der Waals surface area contributed by atoms with Gasteiger partial charge in [-0.05, 0) is 75.1 Å². The molecule has 0 unspecified atom stereocenters. The molecule has 1 heterocycles. The van der Waals surface area contributed by atoms with Gasteiger partial charge in [-0.1, -0.05) is 33.1 Å². The minimum Gasteiger partial charge on any atom is -0.450 e. The maximum Gasteiger partial charge on any atom is 0.407 e. The average molecular weight is 474 g/mol. The van der Waals surface area contributed by atoms with Gasteiger partial charge in [0.05, 0.1) is 6.61 Å². The number of unbranched alkanes of at least 4 members (excludes halogenated alkanes) is 1. The van der Waals surface area contributed by atoms with Crippen LogP contribution in [0.5, 0.6) is 0 Å². The number of nitrogens with zero attached hydrogens (tertiary/aromatic N) is 1. The van der Waals surface area contributed by atoms with Crippen molar-refractivity contribution in [1.82, 2.24) is 20.9 Å². The minimum atomic E-state index is -0.626. The second-order valence-corrected chi connectivity index (χ2v) is 10.2. The number of hydrogen-bond donors (Lipinski definition) is 4. The number of nitrogens with one attached hydrogen (secondary N) is 4. The van der Waals surface area contributed by atoms with E-state index < -0.39 is 12.1 Å². The second-order valence-electron chi connectivity index (χ2n) is 10.2. The lowest BCUT2D eigenvalue weighted by atomic mass is 9.77. The Balaban J connectivity index is 1.58. The Morgan fingerprint density at radius 2 is 2.00 bits per heavy atom. The Bertz CT molecular complexity index is 785. The van der Waals surface area contributed by atoms with Crippen molar-refractivity contribution in [2.45, 2.75) is 89.8 Å². The van der Waals surface area contributed by atoms with Crippen molar-refractivity contribution in [3.63, 3.8) is 0 Å². The third-order valence-electron chi connectivity index (χ3n) is 7.53. The summed E-state index contributed by atoms with van der Waals surface area (Å²) in [4.78, 5) is 30.0. The van der Waals surface area contributed by atoms with Crippen molar-refractivity contribution >= 4 is 17.8 Å². The average Bonchev–Trinajstić information content (AvgIpc) is 2.80. The summed E-state index contributed by atoms with van der Waals surface area (Å²) in [5, 5.41) is 12.8.